The topological polar surface area (TPSA) is 113 Å². The van der Waals surface area contributed by atoms with E-state index in [0.717, 1.165) is 0 Å². The average molecular weight is 406 g/mol. The molecular weight excluding hydrogens is 376 g/mol. The molecule has 2 aliphatic heterocycles. The van der Waals surface area contributed by atoms with Crippen molar-refractivity contribution in [3.8, 4) is 0 Å². The van der Waals surface area contributed by atoms with E-state index in [0.29, 0.717) is 31.3 Å². The first-order valence-electron chi connectivity index (χ1n) is 10.6. The van der Waals surface area contributed by atoms with Crippen LogP contribution in [-0.2, 0) is 19.1 Å². The fourth-order valence-electron chi connectivity index (χ4n) is 8.18. The maximum atomic E-state index is 13.3. The summed E-state index contributed by atoms with van der Waals surface area (Å²) < 4.78 is 11.7. The van der Waals surface area contributed by atoms with Gasteiger partial charge in [-0.2, -0.15) is 0 Å². The summed E-state index contributed by atoms with van der Waals surface area (Å²) in [5, 5.41) is 33.3. The Hall–Kier alpha value is -1.28. The van der Waals surface area contributed by atoms with E-state index in [1.54, 1.807) is 6.92 Å². The first-order chi connectivity index (χ1) is 13.6. The van der Waals surface area contributed by atoms with Crippen LogP contribution in [0, 0.1) is 34.0 Å². The molecule has 29 heavy (non-hydrogen) atoms. The molecule has 5 fully saturated rings. The van der Waals surface area contributed by atoms with Crippen molar-refractivity contribution >= 4 is 11.8 Å². The predicted molar refractivity (Wildman–Crippen MR) is 100 cm³/mol. The highest BCUT2D eigenvalue weighted by Crippen LogP contribution is 2.72. The molecule has 3 saturated carbocycles. The number of hydrogen-bond acceptors (Lipinski definition) is 7. The van der Waals surface area contributed by atoms with Gasteiger partial charge in [0.1, 0.15) is 17.3 Å². The van der Waals surface area contributed by atoms with Crippen molar-refractivity contribution in [2.75, 3.05) is 6.61 Å². The number of ketones is 1. The zero-order chi connectivity index (χ0) is 20.9. The van der Waals surface area contributed by atoms with Crippen molar-refractivity contribution in [1.82, 2.24) is 0 Å². The molecule has 0 aromatic rings. The molecule has 5 rings (SSSR count). The molecule has 5 aliphatic rings. The summed E-state index contributed by atoms with van der Waals surface area (Å²) in [6, 6.07) is 0. The third-order valence-electron chi connectivity index (χ3n) is 8.97. The second-order valence-electron chi connectivity index (χ2n) is 10.5. The van der Waals surface area contributed by atoms with Gasteiger partial charge in [0.25, 0.3) is 0 Å². The number of aliphatic hydroxyl groups excluding tert-OH is 3. The molecular formula is C22H30O7. The van der Waals surface area contributed by atoms with E-state index in [1.807, 2.05) is 6.92 Å². The standard InChI is InChI=1S/C22H30O7/c1-10(23)7-20(3)5-4-14-22(9-28-18(26)16(20)22)15-13(24)6-12-8-21(15,19(27)29-14)17(25)11(12)2/h12-18,24-26H,2,4-9H2,1,3H3/t12-,13+,14+,15-,16-,17+,18-,20-,21+,22-/m1/s1. The second-order valence-corrected chi connectivity index (χ2v) is 10.5. The molecule has 10 atom stereocenters. The second kappa shape index (κ2) is 5.90. The molecule has 7 nitrogen and oxygen atoms in total. The number of hydrogen-bond donors (Lipinski definition) is 3. The zero-order valence-electron chi connectivity index (χ0n) is 17.0. The van der Waals surface area contributed by atoms with E-state index in [9.17, 15) is 24.9 Å². The van der Waals surface area contributed by atoms with Crippen LogP contribution in [0.2, 0.25) is 0 Å². The Balaban J connectivity index is 1.70. The maximum absolute atomic E-state index is 13.3. The van der Waals surface area contributed by atoms with Crippen LogP contribution in [0.5, 0.6) is 0 Å². The minimum absolute atomic E-state index is 0.0289. The number of aliphatic hydroxyl groups is 3. The number of Topliss-reactive ketones (excluding diaryl/α,β-unsaturated/α-hetero) is 1. The van der Waals surface area contributed by atoms with Crippen LogP contribution >= 0.6 is 0 Å². The lowest BCUT2D eigenvalue weighted by Crippen LogP contribution is -2.71. The van der Waals surface area contributed by atoms with Crippen molar-refractivity contribution < 1.29 is 34.4 Å². The highest BCUT2D eigenvalue weighted by molar-refractivity contribution is 5.82. The van der Waals surface area contributed by atoms with Crippen molar-refractivity contribution in [2.45, 2.75) is 70.6 Å². The molecule has 3 aliphatic carbocycles. The molecule has 0 amide bonds. The lowest BCUT2D eigenvalue weighted by atomic mass is 9.42. The summed E-state index contributed by atoms with van der Waals surface area (Å²) in [6.07, 6.45) is -1.28. The molecule has 2 spiro atoms. The Morgan fingerprint density at radius 3 is 2.69 bits per heavy atom. The summed E-state index contributed by atoms with van der Waals surface area (Å²) >= 11 is 0. The first-order valence-corrected chi connectivity index (χ1v) is 10.6. The van der Waals surface area contributed by atoms with Crippen LogP contribution in [0.3, 0.4) is 0 Å². The molecule has 2 heterocycles. The Morgan fingerprint density at radius 1 is 1.28 bits per heavy atom. The molecule has 3 N–H and O–H groups in total. The van der Waals surface area contributed by atoms with E-state index in [2.05, 4.69) is 6.58 Å². The van der Waals surface area contributed by atoms with Crippen LogP contribution in [0.1, 0.15) is 46.0 Å². The Bertz CT molecular complexity index is 794. The highest BCUT2D eigenvalue weighted by Gasteiger charge is 2.79. The van der Waals surface area contributed by atoms with Gasteiger partial charge >= 0.3 is 5.97 Å². The van der Waals surface area contributed by atoms with Gasteiger partial charge in [0.15, 0.2) is 6.29 Å². The van der Waals surface area contributed by atoms with Gasteiger partial charge in [-0.3, -0.25) is 4.79 Å². The Kier molecular flexibility index (Phi) is 4.00. The molecule has 0 aromatic heterocycles. The SMILES string of the molecule is C=C1[C@@H]2C[C@H](O)[C@@H]3[C@](C2)(C(=O)O[C@H]2CC[C@](C)(CC(C)=O)[C@H]4[C@H](O)OC[C@]243)[C@H]1O. The fraction of sp³-hybridized carbons (Fsp3) is 0.818. The van der Waals surface area contributed by atoms with E-state index in [4.69, 9.17) is 9.47 Å². The van der Waals surface area contributed by atoms with Gasteiger partial charge in [0, 0.05) is 23.7 Å². The fourth-order valence-corrected chi connectivity index (χ4v) is 8.18. The first kappa shape index (κ1) is 19.7. The molecule has 7 heteroatoms. The number of carbonyl (C=O) groups is 2. The third-order valence-corrected chi connectivity index (χ3v) is 8.97. The average Bonchev–Trinajstić information content (AvgIpc) is 3.08. The van der Waals surface area contributed by atoms with Crippen LogP contribution in [0.4, 0.5) is 0 Å². The van der Waals surface area contributed by atoms with Gasteiger partial charge in [0.2, 0.25) is 0 Å². The van der Waals surface area contributed by atoms with E-state index in [1.165, 1.54) is 0 Å². The quantitative estimate of drug-likeness (QED) is 0.462. The maximum Gasteiger partial charge on any atom is 0.315 e. The molecule has 0 unspecified atom stereocenters. The van der Waals surface area contributed by atoms with Crippen LogP contribution in [0.15, 0.2) is 12.2 Å². The number of ether oxygens (including phenoxy) is 2. The molecule has 2 bridgehead atoms. The zero-order valence-corrected chi connectivity index (χ0v) is 17.0. The van der Waals surface area contributed by atoms with Gasteiger partial charge in [-0.25, -0.2) is 0 Å². The van der Waals surface area contributed by atoms with Crippen LogP contribution in [-0.4, -0.2) is 58.3 Å². The minimum Gasteiger partial charge on any atom is -0.461 e. The third kappa shape index (κ3) is 2.17. The number of fused-ring (bicyclic) bond motifs is 1. The molecule has 0 aromatic carbocycles. The lowest BCUT2D eigenvalue weighted by molar-refractivity contribution is -0.266. The summed E-state index contributed by atoms with van der Waals surface area (Å²) in [5.74, 6) is -1.65. The summed E-state index contributed by atoms with van der Waals surface area (Å²) in [7, 11) is 0. The molecule has 160 valence electrons. The summed E-state index contributed by atoms with van der Waals surface area (Å²) in [4.78, 5) is 25.4. The van der Waals surface area contributed by atoms with Gasteiger partial charge in [-0.15, -0.1) is 0 Å². The lowest BCUT2D eigenvalue weighted by Gasteiger charge is -2.63. The van der Waals surface area contributed by atoms with Crippen molar-refractivity contribution in [3.63, 3.8) is 0 Å². The predicted octanol–water partition coefficient (Wildman–Crippen LogP) is 0.946. The van der Waals surface area contributed by atoms with Gasteiger partial charge in [-0.1, -0.05) is 13.5 Å². The molecule has 2 saturated heterocycles. The summed E-state index contributed by atoms with van der Waals surface area (Å²) in [5.41, 5.74) is -2.07. The van der Waals surface area contributed by atoms with Crippen LogP contribution < -0.4 is 0 Å². The minimum atomic E-state index is -1.27. The normalized spacial score (nSPS) is 55.7. The van der Waals surface area contributed by atoms with Crippen LogP contribution in [0.25, 0.3) is 0 Å². The van der Waals surface area contributed by atoms with Gasteiger partial charge < -0.3 is 29.6 Å². The van der Waals surface area contributed by atoms with Crippen molar-refractivity contribution in [3.05, 3.63) is 12.2 Å². The smallest absolute Gasteiger partial charge is 0.315 e. The Labute approximate surface area is 170 Å². The number of rotatable bonds is 2. The van der Waals surface area contributed by atoms with Crippen molar-refractivity contribution in [2.24, 2.45) is 34.0 Å². The van der Waals surface area contributed by atoms with E-state index >= 15 is 0 Å². The largest absolute Gasteiger partial charge is 0.461 e. The van der Waals surface area contributed by atoms with Gasteiger partial charge in [-0.05, 0) is 49.5 Å². The number of esters is 1. The summed E-state index contributed by atoms with van der Waals surface area (Å²) in [6.45, 7) is 7.67. The van der Waals surface area contributed by atoms with E-state index < -0.39 is 58.7 Å². The van der Waals surface area contributed by atoms with E-state index in [-0.39, 0.29) is 24.7 Å². The Morgan fingerprint density at radius 2 is 2.00 bits per heavy atom. The molecule has 0 radical (unpaired) electrons. The van der Waals surface area contributed by atoms with Crippen molar-refractivity contribution in [1.29, 1.82) is 0 Å². The monoisotopic (exact) mass is 406 g/mol. The van der Waals surface area contributed by atoms with Gasteiger partial charge in [0.05, 0.1) is 18.8 Å². The number of carbonyl (C=O) groups excluding carboxylic acids is 2. The highest BCUT2D eigenvalue weighted by atomic mass is 16.6.